The van der Waals surface area contributed by atoms with E-state index in [0.29, 0.717) is 17.9 Å². The first kappa shape index (κ1) is 21.4. The molecule has 2 aromatic carbocycles. The molecule has 8 heteroatoms. The van der Waals surface area contributed by atoms with Crippen molar-refractivity contribution in [2.75, 3.05) is 17.3 Å². The van der Waals surface area contributed by atoms with Gasteiger partial charge in [0.25, 0.3) is 11.6 Å². The van der Waals surface area contributed by atoms with Crippen LogP contribution in [-0.2, 0) is 11.2 Å². The summed E-state index contributed by atoms with van der Waals surface area (Å²) in [7, 11) is 0. The molecular formula is C20H23N3O4S. The van der Waals surface area contributed by atoms with Crippen molar-refractivity contribution in [2.45, 2.75) is 25.8 Å². The number of nitrogens with one attached hydrogen (secondary N) is 2. The zero-order valence-electron chi connectivity index (χ0n) is 15.8. The number of hydrogen-bond donors (Lipinski definition) is 2. The highest BCUT2D eigenvalue weighted by Gasteiger charge is 2.22. The minimum absolute atomic E-state index is 0.144. The number of thioether (sulfide) groups is 1. The zero-order valence-corrected chi connectivity index (χ0v) is 16.6. The molecule has 0 spiro atoms. The fourth-order valence-corrected chi connectivity index (χ4v) is 3.15. The zero-order chi connectivity index (χ0) is 20.5. The Kier molecular flexibility index (Phi) is 8.01. The van der Waals surface area contributed by atoms with Crippen LogP contribution in [0.1, 0.15) is 29.3 Å². The fourth-order valence-electron chi connectivity index (χ4n) is 2.68. The Bertz CT molecular complexity index is 857. The van der Waals surface area contributed by atoms with Crippen molar-refractivity contribution < 1.29 is 14.5 Å². The summed E-state index contributed by atoms with van der Waals surface area (Å²) in [6.45, 7) is 2.00. The molecule has 0 aliphatic heterocycles. The molecule has 2 N–H and O–H groups in total. The summed E-state index contributed by atoms with van der Waals surface area (Å²) in [4.78, 5) is 35.7. The number of aryl methyl sites for hydroxylation is 1. The van der Waals surface area contributed by atoms with E-state index < -0.39 is 16.9 Å². The van der Waals surface area contributed by atoms with Gasteiger partial charge < -0.3 is 10.6 Å². The van der Waals surface area contributed by atoms with E-state index in [1.54, 1.807) is 11.8 Å². The highest BCUT2D eigenvalue weighted by atomic mass is 32.2. The Morgan fingerprint density at radius 1 is 1.18 bits per heavy atom. The predicted molar refractivity (Wildman–Crippen MR) is 112 cm³/mol. The van der Waals surface area contributed by atoms with Crippen LogP contribution >= 0.6 is 11.8 Å². The molecule has 0 saturated carbocycles. The standard InChI is InChI=1S/C20H23N3O4S/c1-3-14-7-4-5-10-17(14)21-20(25)18(11-12-28-2)22-19(24)15-8-6-9-16(13-15)23(26)27/h4-10,13,18H,3,11-12H2,1-2H3,(H,21,25)(H,22,24)/t18-/m0/s1. The van der Waals surface area contributed by atoms with Crippen molar-refractivity contribution in [3.8, 4) is 0 Å². The molecule has 2 amide bonds. The summed E-state index contributed by atoms with van der Waals surface area (Å²) in [6, 6.07) is 12.2. The summed E-state index contributed by atoms with van der Waals surface area (Å²) < 4.78 is 0. The van der Waals surface area contributed by atoms with E-state index in [0.717, 1.165) is 12.0 Å². The van der Waals surface area contributed by atoms with E-state index in [1.165, 1.54) is 24.3 Å². The molecule has 28 heavy (non-hydrogen) atoms. The van der Waals surface area contributed by atoms with Gasteiger partial charge in [0.2, 0.25) is 5.91 Å². The van der Waals surface area contributed by atoms with Gasteiger partial charge in [-0.25, -0.2) is 0 Å². The van der Waals surface area contributed by atoms with Crippen molar-refractivity contribution in [1.29, 1.82) is 0 Å². The minimum Gasteiger partial charge on any atom is -0.340 e. The van der Waals surface area contributed by atoms with Crippen molar-refractivity contribution in [3.05, 3.63) is 69.8 Å². The molecule has 2 rings (SSSR count). The van der Waals surface area contributed by atoms with Gasteiger partial charge in [0.15, 0.2) is 0 Å². The summed E-state index contributed by atoms with van der Waals surface area (Å²) in [5.41, 5.74) is 1.69. The second-order valence-electron chi connectivity index (χ2n) is 6.11. The number of anilines is 1. The van der Waals surface area contributed by atoms with Crippen LogP contribution < -0.4 is 10.6 Å². The number of non-ortho nitro benzene ring substituents is 1. The van der Waals surface area contributed by atoms with Crippen molar-refractivity contribution in [3.63, 3.8) is 0 Å². The number of carbonyl (C=O) groups excluding carboxylic acids is 2. The van der Waals surface area contributed by atoms with Crippen LogP contribution in [0.4, 0.5) is 11.4 Å². The third-order valence-corrected chi connectivity index (χ3v) is 4.85. The van der Waals surface area contributed by atoms with Gasteiger partial charge in [-0.15, -0.1) is 0 Å². The summed E-state index contributed by atoms with van der Waals surface area (Å²) in [5.74, 6) is -0.148. The molecule has 0 saturated heterocycles. The van der Waals surface area contributed by atoms with Gasteiger partial charge in [-0.2, -0.15) is 11.8 Å². The van der Waals surface area contributed by atoms with Gasteiger partial charge in [0, 0.05) is 23.4 Å². The lowest BCUT2D eigenvalue weighted by molar-refractivity contribution is -0.384. The number of nitro benzene ring substituents is 1. The second kappa shape index (κ2) is 10.5. The number of carbonyl (C=O) groups is 2. The van der Waals surface area contributed by atoms with Gasteiger partial charge >= 0.3 is 0 Å². The molecule has 148 valence electrons. The third kappa shape index (κ3) is 5.82. The summed E-state index contributed by atoms with van der Waals surface area (Å²) in [5, 5.41) is 16.5. The lowest BCUT2D eigenvalue weighted by atomic mass is 10.1. The van der Waals surface area contributed by atoms with Crippen molar-refractivity contribution in [1.82, 2.24) is 5.32 Å². The van der Waals surface area contributed by atoms with Gasteiger partial charge in [-0.1, -0.05) is 31.2 Å². The molecule has 2 aromatic rings. The van der Waals surface area contributed by atoms with Crippen LogP contribution in [0.3, 0.4) is 0 Å². The van der Waals surface area contributed by atoms with Crippen LogP contribution in [0, 0.1) is 10.1 Å². The first-order valence-electron chi connectivity index (χ1n) is 8.89. The van der Waals surface area contributed by atoms with Crippen molar-refractivity contribution >= 4 is 35.0 Å². The van der Waals surface area contributed by atoms with Gasteiger partial charge in [0.1, 0.15) is 6.04 Å². The van der Waals surface area contributed by atoms with Crippen LogP contribution in [0.5, 0.6) is 0 Å². The maximum absolute atomic E-state index is 12.8. The lowest BCUT2D eigenvalue weighted by Crippen LogP contribution is -2.44. The normalized spacial score (nSPS) is 11.5. The Labute approximate surface area is 168 Å². The van der Waals surface area contributed by atoms with Crippen LogP contribution in [0.2, 0.25) is 0 Å². The molecule has 7 nitrogen and oxygen atoms in total. The molecule has 0 heterocycles. The monoisotopic (exact) mass is 401 g/mol. The molecule has 1 atom stereocenters. The van der Waals surface area contributed by atoms with E-state index in [1.807, 2.05) is 37.4 Å². The van der Waals surface area contributed by atoms with Crippen LogP contribution in [0.25, 0.3) is 0 Å². The van der Waals surface area contributed by atoms with E-state index in [2.05, 4.69) is 10.6 Å². The van der Waals surface area contributed by atoms with E-state index >= 15 is 0 Å². The molecule has 0 fully saturated rings. The first-order valence-corrected chi connectivity index (χ1v) is 10.3. The quantitative estimate of drug-likeness (QED) is 0.493. The largest absolute Gasteiger partial charge is 0.340 e. The molecule has 0 aliphatic carbocycles. The number of amides is 2. The molecule has 0 radical (unpaired) electrons. The molecule has 0 aromatic heterocycles. The van der Waals surface area contributed by atoms with Crippen LogP contribution in [-0.4, -0.2) is 34.8 Å². The SMILES string of the molecule is CCc1ccccc1NC(=O)[C@H](CCSC)NC(=O)c1cccc([N+](=O)[O-])c1. The molecule has 0 aliphatic rings. The van der Waals surface area contributed by atoms with Gasteiger partial charge in [-0.05, 0) is 42.5 Å². The van der Waals surface area contributed by atoms with E-state index in [-0.39, 0.29) is 17.2 Å². The summed E-state index contributed by atoms with van der Waals surface area (Å²) in [6.07, 6.45) is 3.14. The minimum atomic E-state index is -0.746. The first-order chi connectivity index (χ1) is 13.5. The van der Waals surface area contributed by atoms with E-state index in [4.69, 9.17) is 0 Å². The number of rotatable bonds is 9. The van der Waals surface area contributed by atoms with Gasteiger partial charge in [-0.3, -0.25) is 19.7 Å². The number of benzene rings is 2. The molecule has 0 bridgehead atoms. The third-order valence-electron chi connectivity index (χ3n) is 4.21. The topological polar surface area (TPSA) is 101 Å². The second-order valence-corrected chi connectivity index (χ2v) is 7.10. The Morgan fingerprint density at radius 3 is 2.61 bits per heavy atom. The predicted octanol–water partition coefficient (Wildman–Crippen LogP) is 3.65. The Balaban J connectivity index is 2.16. The molecular weight excluding hydrogens is 378 g/mol. The maximum Gasteiger partial charge on any atom is 0.270 e. The Morgan fingerprint density at radius 2 is 1.93 bits per heavy atom. The average Bonchev–Trinajstić information content (AvgIpc) is 2.71. The maximum atomic E-state index is 12.8. The summed E-state index contributed by atoms with van der Waals surface area (Å²) >= 11 is 1.57. The Hall–Kier alpha value is -2.87. The smallest absolute Gasteiger partial charge is 0.270 e. The van der Waals surface area contributed by atoms with Crippen LogP contribution in [0.15, 0.2) is 48.5 Å². The van der Waals surface area contributed by atoms with E-state index in [9.17, 15) is 19.7 Å². The number of para-hydroxylation sites is 1. The highest BCUT2D eigenvalue weighted by Crippen LogP contribution is 2.17. The average molecular weight is 401 g/mol. The highest BCUT2D eigenvalue weighted by molar-refractivity contribution is 7.98. The number of nitro groups is 1. The fraction of sp³-hybridized carbons (Fsp3) is 0.300. The number of nitrogens with zero attached hydrogens (tertiary/aromatic N) is 1. The van der Waals surface area contributed by atoms with Crippen molar-refractivity contribution in [2.24, 2.45) is 0 Å². The lowest BCUT2D eigenvalue weighted by Gasteiger charge is -2.19. The number of hydrogen-bond acceptors (Lipinski definition) is 5. The van der Waals surface area contributed by atoms with Gasteiger partial charge in [0.05, 0.1) is 4.92 Å². The molecule has 0 unspecified atom stereocenters.